The number of methoxy groups -OCH3 is 1. The van der Waals surface area contributed by atoms with Gasteiger partial charge in [-0.25, -0.2) is 23.5 Å². The largest absolute Gasteiger partial charge is 0.496 e. The van der Waals surface area contributed by atoms with E-state index >= 15 is 0 Å². The van der Waals surface area contributed by atoms with Crippen molar-refractivity contribution in [2.75, 3.05) is 25.5 Å². The van der Waals surface area contributed by atoms with Crippen LogP contribution >= 0.6 is 0 Å². The quantitative estimate of drug-likeness (QED) is 0.534. The van der Waals surface area contributed by atoms with Crippen molar-refractivity contribution in [3.63, 3.8) is 0 Å². The van der Waals surface area contributed by atoms with Crippen molar-refractivity contribution < 1.29 is 28.2 Å². The van der Waals surface area contributed by atoms with Crippen LogP contribution in [0.3, 0.4) is 0 Å². The number of pyridine rings is 2. The number of hydrogen-bond donors (Lipinski definition) is 2. The van der Waals surface area contributed by atoms with E-state index in [0.29, 0.717) is 36.5 Å². The Morgan fingerprint density at radius 3 is 2.56 bits per heavy atom. The third kappa shape index (κ3) is 5.20. The highest BCUT2D eigenvalue weighted by Gasteiger charge is 2.31. The van der Waals surface area contributed by atoms with Gasteiger partial charge in [-0.05, 0) is 41.0 Å². The zero-order valence-corrected chi connectivity index (χ0v) is 21.2. The summed E-state index contributed by atoms with van der Waals surface area (Å²) in [5, 5.41) is 13.6. The zero-order chi connectivity index (χ0) is 26.4. The van der Waals surface area contributed by atoms with Crippen molar-refractivity contribution in [1.82, 2.24) is 19.3 Å². The molecule has 1 saturated heterocycles. The normalized spacial score (nSPS) is 16.5. The van der Waals surface area contributed by atoms with Crippen LogP contribution in [0.25, 0.3) is 17.0 Å². The molecule has 0 spiro atoms. The highest BCUT2D eigenvalue weighted by Crippen LogP contribution is 2.33. The molecule has 3 aromatic heterocycles. The van der Waals surface area contributed by atoms with Crippen molar-refractivity contribution in [2.24, 2.45) is 0 Å². The monoisotopic (exact) mass is 503 g/mol. The van der Waals surface area contributed by atoms with Gasteiger partial charge < -0.3 is 24.8 Å². The number of hydrogen-bond acceptors (Lipinski definition) is 7. The maximum absolute atomic E-state index is 14.9. The Balaban J connectivity index is 1.64. The van der Waals surface area contributed by atoms with Gasteiger partial charge in [0.25, 0.3) is 0 Å². The maximum atomic E-state index is 14.9. The molecule has 0 aromatic carbocycles. The first kappa shape index (κ1) is 25.6. The number of nitrogens with zero attached hydrogens (tertiary/aromatic N) is 4. The number of rotatable bonds is 5. The molecular formula is C25H31F2N5O4. The number of fused-ring (bicyclic) bond motifs is 1. The first-order valence-electron chi connectivity index (χ1n) is 11.7. The lowest BCUT2D eigenvalue weighted by Crippen LogP contribution is -2.36. The number of aliphatic hydroxyl groups is 1. The standard InChI is InChI=1S/C25H31F2N5O4/c1-24(2,3)36-23(33)31-8-7-14(12-31)29-22-17(27)9-16(26)21(30-22)18-11-28-20-10-19(35-6)15(13-32(18)20)25(4,5)34/h9-11,13-14,34H,7-8,12H2,1-6H3,(H,29,30). The van der Waals surface area contributed by atoms with Gasteiger partial charge in [0.2, 0.25) is 0 Å². The van der Waals surface area contributed by atoms with Gasteiger partial charge in [-0.15, -0.1) is 0 Å². The van der Waals surface area contributed by atoms with E-state index in [1.54, 1.807) is 56.2 Å². The Morgan fingerprint density at radius 1 is 1.19 bits per heavy atom. The van der Waals surface area contributed by atoms with Gasteiger partial charge in [-0.2, -0.15) is 0 Å². The van der Waals surface area contributed by atoms with Gasteiger partial charge in [0.1, 0.15) is 22.7 Å². The minimum Gasteiger partial charge on any atom is -0.496 e. The van der Waals surface area contributed by atoms with E-state index in [1.807, 2.05) is 0 Å². The minimum atomic E-state index is -1.24. The van der Waals surface area contributed by atoms with Crippen LogP contribution in [0.5, 0.6) is 5.75 Å². The predicted molar refractivity (Wildman–Crippen MR) is 130 cm³/mol. The second-order valence-corrected chi connectivity index (χ2v) is 10.4. The van der Waals surface area contributed by atoms with Crippen molar-refractivity contribution >= 4 is 17.6 Å². The summed E-state index contributed by atoms with van der Waals surface area (Å²) in [4.78, 5) is 22.4. The fourth-order valence-electron chi connectivity index (χ4n) is 4.12. The summed E-state index contributed by atoms with van der Waals surface area (Å²) >= 11 is 0. The molecule has 1 fully saturated rings. The van der Waals surface area contributed by atoms with Crippen molar-refractivity contribution in [3.05, 3.63) is 41.7 Å². The molecule has 36 heavy (non-hydrogen) atoms. The number of imidazole rings is 1. The predicted octanol–water partition coefficient (Wildman–Crippen LogP) is 4.33. The Hall–Kier alpha value is -3.47. The molecule has 1 aliphatic heterocycles. The molecule has 2 N–H and O–H groups in total. The Morgan fingerprint density at radius 2 is 1.92 bits per heavy atom. The average molecular weight is 504 g/mol. The fourth-order valence-corrected chi connectivity index (χ4v) is 4.12. The zero-order valence-electron chi connectivity index (χ0n) is 21.2. The van der Waals surface area contributed by atoms with Crippen molar-refractivity contribution in [2.45, 2.75) is 58.3 Å². The van der Waals surface area contributed by atoms with Crippen LogP contribution in [0.2, 0.25) is 0 Å². The molecule has 0 bridgehead atoms. The van der Waals surface area contributed by atoms with Crippen LogP contribution in [0.15, 0.2) is 24.5 Å². The molecular weight excluding hydrogens is 472 g/mol. The molecule has 1 unspecified atom stereocenters. The van der Waals surface area contributed by atoms with Gasteiger partial charge in [0, 0.05) is 43.0 Å². The molecule has 4 rings (SSSR count). The molecule has 194 valence electrons. The van der Waals surface area contributed by atoms with E-state index in [2.05, 4.69) is 15.3 Å². The summed E-state index contributed by atoms with van der Waals surface area (Å²) in [5.41, 5.74) is -0.790. The van der Waals surface area contributed by atoms with Crippen LogP contribution in [0.4, 0.5) is 19.4 Å². The number of ether oxygens (including phenoxy) is 2. The highest BCUT2D eigenvalue weighted by atomic mass is 19.1. The highest BCUT2D eigenvalue weighted by molar-refractivity contribution is 5.69. The SMILES string of the molecule is COc1cc2ncc(-c3nc(NC4CCN(C(=O)OC(C)(C)C)C4)c(F)cc3F)n2cc1C(C)(C)O. The average Bonchev–Trinajstić information content (AvgIpc) is 3.40. The molecule has 4 heterocycles. The van der Waals surface area contributed by atoms with Gasteiger partial charge in [-0.1, -0.05) is 0 Å². The summed E-state index contributed by atoms with van der Waals surface area (Å²) in [6.07, 6.45) is 3.14. The Kier molecular flexibility index (Phi) is 6.54. The smallest absolute Gasteiger partial charge is 0.410 e. The Labute approximate surface area is 208 Å². The van der Waals surface area contributed by atoms with E-state index in [-0.39, 0.29) is 23.2 Å². The molecule has 11 heteroatoms. The summed E-state index contributed by atoms with van der Waals surface area (Å²) in [6.45, 7) is 9.32. The second kappa shape index (κ2) is 9.20. The first-order valence-corrected chi connectivity index (χ1v) is 11.7. The van der Waals surface area contributed by atoms with Crippen LogP contribution in [0, 0.1) is 11.6 Å². The molecule has 0 aliphatic carbocycles. The van der Waals surface area contributed by atoms with Crippen LogP contribution in [-0.2, 0) is 10.3 Å². The fraction of sp³-hybridized carbons (Fsp3) is 0.480. The molecule has 3 aromatic rings. The third-order valence-electron chi connectivity index (χ3n) is 5.84. The van der Waals surface area contributed by atoms with E-state index < -0.39 is 28.9 Å². The molecule has 1 amide bonds. The van der Waals surface area contributed by atoms with Gasteiger partial charge in [0.05, 0.1) is 24.6 Å². The van der Waals surface area contributed by atoms with Crippen LogP contribution < -0.4 is 10.1 Å². The number of nitrogens with one attached hydrogen (secondary N) is 1. The number of amides is 1. The van der Waals surface area contributed by atoms with Gasteiger partial charge >= 0.3 is 6.09 Å². The molecule has 1 aliphatic rings. The number of halogens is 2. The van der Waals surface area contributed by atoms with Crippen LogP contribution in [0.1, 0.15) is 46.6 Å². The Bertz CT molecular complexity index is 1300. The minimum absolute atomic E-state index is 0.111. The number of likely N-dealkylation sites (tertiary alicyclic amines) is 1. The lowest BCUT2D eigenvalue weighted by atomic mass is 9.99. The summed E-state index contributed by atoms with van der Waals surface area (Å²) in [6, 6.07) is 2.11. The number of carbonyl (C=O) groups is 1. The van der Waals surface area contributed by atoms with E-state index in [4.69, 9.17) is 9.47 Å². The summed E-state index contributed by atoms with van der Waals surface area (Å²) in [7, 11) is 1.48. The number of carbonyl (C=O) groups excluding carboxylic acids is 1. The van der Waals surface area contributed by atoms with E-state index in [1.165, 1.54) is 13.3 Å². The summed E-state index contributed by atoms with van der Waals surface area (Å²) in [5.74, 6) is -1.41. The topological polar surface area (TPSA) is 101 Å². The third-order valence-corrected chi connectivity index (χ3v) is 5.84. The first-order chi connectivity index (χ1) is 16.8. The van der Waals surface area contributed by atoms with E-state index in [0.717, 1.165) is 6.07 Å². The van der Waals surface area contributed by atoms with Crippen molar-refractivity contribution in [1.29, 1.82) is 0 Å². The van der Waals surface area contributed by atoms with Crippen molar-refractivity contribution in [3.8, 4) is 17.1 Å². The maximum Gasteiger partial charge on any atom is 0.410 e. The number of anilines is 1. The lowest BCUT2D eigenvalue weighted by Gasteiger charge is -2.24. The molecule has 0 saturated carbocycles. The molecule has 9 nitrogen and oxygen atoms in total. The molecule has 0 radical (unpaired) electrons. The summed E-state index contributed by atoms with van der Waals surface area (Å²) < 4.78 is 42.0. The van der Waals surface area contributed by atoms with Gasteiger partial charge in [-0.3, -0.25) is 4.40 Å². The van der Waals surface area contributed by atoms with E-state index in [9.17, 15) is 18.7 Å². The van der Waals surface area contributed by atoms with Crippen LogP contribution in [-0.4, -0.2) is 62.3 Å². The second-order valence-electron chi connectivity index (χ2n) is 10.4. The number of aromatic nitrogens is 3. The van der Waals surface area contributed by atoms with Gasteiger partial charge in [0.15, 0.2) is 17.5 Å². The lowest BCUT2D eigenvalue weighted by molar-refractivity contribution is 0.0293. The molecule has 1 atom stereocenters.